The van der Waals surface area contributed by atoms with Gasteiger partial charge in [-0.1, -0.05) is 47.5 Å². The van der Waals surface area contributed by atoms with E-state index in [0.717, 1.165) is 22.9 Å². The van der Waals surface area contributed by atoms with Gasteiger partial charge in [-0.3, -0.25) is 13.9 Å². The molecule has 8 heteroatoms. The summed E-state index contributed by atoms with van der Waals surface area (Å²) in [7, 11) is -3.50. The molecule has 186 valence electrons. The summed E-state index contributed by atoms with van der Waals surface area (Å²) in [6, 6.07) is 14.4. The van der Waals surface area contributed by atoms with E-state index in [-0.39, 0.29) is 30.8 Å². The van der Waals surface area contributed by atoms with Crippen molar-refractivity contribution in [1.82, 2.24) is 10.2 Å². The Balaban J connectivity index is 2.15. The lowest BCUT2D eigenvalue weighted by atomic mass is 10.1. The maximum absolute atomic E-state index is 13.2. The summed E-state index contributed by atoms with van der Waals surface area (Å²) >= 11 is 0. The molecule has 2 amide bonds. The van der Waals surface area contributed by atoms with Crippen molar-refractivity contribution in [2.45, 2.75) is 66.1 Å². The van der Waals surface area contributed by atoms with Crippen LogP contribution in [0.15, 0.2) is 48.5 Å². The average Bonchev–Trinajstić information content (AvgIpc) is 2.75. The van der Waals surface area contributed by atoms with Gasteiger partial charge in [0.15, 0.2) is 0 Å². The van der Waals surface area contributed by atoms with E-state index in [0.29, 0.717) is 18.7 Å². The van der Waals surface area contributed by atoms with Gasteiger partial charge in [0.25, 0.3) is 0 Å². The van der Waals surface area contributed by atoms with E-state index in [2.05, 4.69) is 5.32 Å². The quantitative estimate of drug-likeness (QED) is 0.522. The molecule has 2 rings (SSSR count). The Kier molecular flexibility index (Phi) is 9.67. The Hall–Kier alpha value is -2.87. The van der Waals surface area contributed by atoms with Gasteiger partial charge in [-0.15, -0.1) is 0 Å². The van der Waals surface area contributed by atoms with Crippen molar-refractivity contribution in [3.05, 3.63) is 65.2 Å². The Morgan fingerprint density at radius 2 is 1.44 bits per heavy atom. The van der Waals surface area contributed by atoms with Crippen LogP contribution in [0.5, 0.6) is 0 Å². The molecule has 0 bridgehead atoms. The van der Waals surface area contributed by atoms with Gasteiger partial charge in [0.05, 0.1) is 11.9 Å². The maximum Gasteiger partial charge on any atom is 0.242 e. The molecule has 7 nitrogen and oxygen atoms in total. The molecule has 34 heavy (non-hydrogen) atoms. The third-order valence-corrected chi connectivity index (χ3v) is 6.74. The molecule has 0 saturated carbocycles. The first-order valence-electron chi connectivity index (χ1n) is 11.6. The van der Waals surface area contributed by atoms with Crippen molar-refractivity contribution >= 4 is 27.5 Å². The average molecular weight is 488 g/mol. The van der Waals surface area contributed by atoms with Crippen LogP contribution in [-0.4, -0.2) is 50.0 Å². The highest BCUT2D eigenvalue weighted by Gasteiger charge is 2.27. The van der Waals surface area contributed by atoms with E-state index < -0.39 is 16.1 Å². The molecule has 1 N–H and O–H groups in total. The number of nitrogens with zero attached hydrogens (tertiary/aromatic N) is 2. The van der Waals surface area contributed by atoms with Crippen molar-refractivity contribution in [1.29, 1.82) is 0 Å². The summed E-state index contributed by atoms with van der Waals surface area (Å²) in [4.78, 5) is 27.5. The molecule has 0 spiro atoms. The molecule has 0 fully saturated rings. The van der Waals surface area contributed by atoms with Crippen LogP contribution in [-0.2, 0) is 26.2 Å². The van der Waals surface area contributed by atoms with Crippen molar-refractivity contribution < 1.29 is 18.0 Å². The van der Waals surface area contributed by atoms with Crippen LogP contribution < -0.4 is 9.62 Å². The number of nitrogens with one attached hydrogen (secondary N) is 1. The van der Waals surface area contributed by atoms with Crippen LogP contribution in [0.3, 0.4) is 0 Å². The number of hydrogen-bond acceptors (Lipinski definition) is 4. The van der Waals surface area contributed by atoms with Crippen molar-refractivity contribution in [2.75, 3.05) is 17.1 Å². The molecule has 2 aromatic rings. The third kappa shape index (κ3) is 8.17. The Morgan fingerprint density at radius 1 is 0.912 bits per heavy atom. The van der Waals surface area contributed by atoms with Crippen LogP contribution in [0.2, 0.25) is 0 Å². The number of amides is 2. The van der Waals surface area contributed by atoms with E-state index in [1.807, 2.05) is 64.1 Å². The topological polar surface area (TPSA) is 86.8 Å². The Bertz CT molecular complexity index is 1060. The van der Waals surface area contributed by atoms with Gasteiger partial charge in [-0.2, -0.15) is 0 Å². The number of carbonyl (C=O) groups is 2. The van der Waals surface area contributed by atoms with Gasteiger partial charge in [0.1, 0.15) is 6.04 Å². The first-order valence-corrected chi connectivity index (χ1v) is 13.4. The van der Waals surface area contributed by atoms with Crippen molar-refractivity contribution in [3.8, 4) is 0 Å². The second kappa shape index (κ2) is 12.0. The number of carbonyl (C=O) groups excluding carboxylic acids is 2. The predicted molar refractivity (Wildman–Crippen MR) is 137 cm³/mol. The van der Waals surface area contributed by atoms with Gasteiger partial charge in [0, 0.05) is 25.6 Å². The minimum atomic E-state index is -3.50. The molecular formula is C26H37N3O4S. The molecular weight excluding hydrogens is 450 g/mol. The maximum atomic E-state index is 13.2. The lowest BCUT2D eigenvalue weighted by molar-refractivity contribution is -0.140. The van der Waals surface area contributed by atoms with E-state index >= 15 is 0 Å². The molecule has 0 aliphatic carbocycles. The Labute approximate surface area is 204 Å². The first-order chi connectivity index (χ1) is 15.9. The molecule has 0 radical (unpaired) electrons. The van der Waals surface area contributed by atoms with Crippen LogP contribution in [0.25, 0.3) is 0 Å². The molecule has 1 atom stereocenters. The fourth-order valence-electron chi connectivity index (χ4n) is 3.59. The minimum absolute atomic E-state index is 0.0379. The zero-order chi connectivity index (χ0) is 25.5. The zero-order valence-electron chi connectivity index (χ0n) is 21.0. The summed E-state index contributed by atoms with van der Waals surface area (Å²) in [6.45, 7) is 9.89. The monoisotopic (exact) mass is 487 g/mol. The van der Waals surface area contributed by atoms with E-state index in [1.54, 1.807) is 24.0 Å². The Morgan fingerprint density at radius 3 is 1.94 bits per heavy atom. The fourth-order valence-corrected chi connectivity index (χ4v) is 4.56. The smallest absolute Gasteiger partial charge is 0.242 e. The normalized spacial score (nSPS) is 12.3. The number of sulfonamides is 1. The second-order valence-electron chi connectivity index (χ2n) is 9.12. The van der Waals surface area contributed by atoms with E-state index in [1.165, 1.54) is 4.31 Å². The molecule has 0 aliphatic heterocycles. The summed E-state index contributed by atoms with van der Waals surface area (Å²) < 4.78 is 26.1. The lowest BCUT2D eigenvalue weighted by Crippen LogP contribution is -2.49. The van der Waals surface area contributed by atoms with Gasteiger partial charge >= 0.3 is 0 Å². The van der Waals surface area contributed by atoms with E-state index in [4.69, 9.17) is 0 Å². The van der Waals surface area contributed by atoms with Crippen LogP contribution >= 0.6 is 0 Å². The summed E-state index contributed by atoms with van der Waals surface area (Å²) in [5.74, 6) is -0.405. The largest absolute Gasteiger partial charge is 0.352 e. The summed E-state index contributed by atoms with van der Waals surface area (Å²) in [5, 5.41) is 2.87. The van der Waals surface area contributed by atoms with Crippen molar-refractivity contribution in [2.24, 2.45) is 0 Å². The van der Waals surface area contributed by atoms with Crippen LogP contribution in [0, 0.1) is 13.8 Å². The van der Waals surface area contributed by atoms with Gasteiger partial charge in [-0.25, -0.2) is 8.42 Å². The fraction of sp³-hybridized carbons (Fsp3) is 0.462. The summed E-state index contributed by atoms with van der Waals surface area (Å²) in [5.41, 5.74) is 3.65. The SMILES string of the molecule is Cc1ccc(CN(C(=O)CCCN(c2ccc(C)cc2)S(C)(=O)=O)C(C)C(=O)NC(C)C)cc1. The number of rotatable bonds is 11. The lowest BCUT2D eigenvalue weighted by Gasteiger charge is -2.30. The van der Waals surface area contributed by atoms with Crippen LogP contribution in [0.4, 0.5) is 5.69 Å². The highest BCUT2D eigenvalue weighted by molar-refractivity contribution is 7.92. The first kappa shape index (κ1) is 27.4. The molecule has 1 unspecified atom stereocenters. The van der Waals surface area contributed by atoms with Gasteiger partial charge in [-0.05, 0) is 58.7 Å². The predicted octanol–water partition coefficient (Wildman–Crippen LogP) is 3.79. The molecule has 0 aliphatic rings. The molecule has 0 heterocycles. The number of benzene rings is 2. The number of hydrogen-bond donors (Lipinski definition) is 1. The molecule has 0 saturated heterocycles. The minimum Gasteiger partial charge on any atom is -0.352 e. The van der Waals surface area contributed by atoms with Gasteiger partial charge in [0.2, 0.25) is 21.8 Å². The molecule has 2 aromatic carbocycles. The highest BCUT2D eigenvalue weighted by atomic mass is 32.2. The standard InChI is InChI=1S/C26H37N3O4S/c1-19(2)27-26(31)22(5)28(18-23-13-9-20(3)10-14-23)25(30)8-7-17-29(34(6,32)33)24-15-11-21(4)12-16-24/h9-16,19,22H,7-8,17-18H2,1-6H3,(H,27,31). The number of anilines is 1. The van der Waals surface area contributed by atoms with Crippen LogP contribution in [0.1, 0.15) is 50.3 Å². The zero-order valence-corrected chi connectivity index (χ0v) is 21.9. The highest BCUT2D eigenvalue weighted by Crippen LogP contribution is 2.20. The second-order valence-corrected chi connectivity index (χ2v) is 11.0. The summed E-state index contributed by atoms with van der Waals surface area (Å²) in [6.07, 6.45) is 1.63. The van der Waals surface area contributed by atoms with Crippen molar-refractivity contribution in [3.63, 3.8) is 0 Å². The molecule has 0 aromatic heterocycles. The third-order valence-electron chi connectivity index (χ3n) is 5.55. The van der Waals surface area contributed by atoms with E-state index in [9.17, 15) is 18.0 Å². The number of aryl methyl sites for hydroxylation is 2. The van der Waals surface area contributed by atoms with Gasteiger partial charge < -0.3 is 10.2 Å².